The molecule has 0 bridgehead atoms. The largest absolute Gasteiger partial charge is 0.504 e. The van der Waals surface area contributed by atoms with Crippen LogP contribution in [-0.2, 0) is 6.42 Å². The minimum absolute atomic E-state index is 0.0542. The molecule has 4 nitrogen and oxygen atoms in total. The maximum absolute atomic E-state index is 9.97. The second-order valence-electron chi connectivity index (χ2n) is 4.57. The Kier molecular flexibility index (Phi) is 4.56. The van der Waals surface area contributed by atoms with Crippen LogP contribution in [0.2, 0.25) is 5.02 Å². The number of halogens is 1. The molecule has 2 N–H and O–H groups in total. The summed E-state index contributed by atoms with van der Waals surface area (Å²) >= 11 is 6.00. The summed E-state index contributed by atoms with van der Waals surface area (Å²) in [5.41, 5.74) is 1.23. The van der Waals surface area contributed by atoms with Crippen molar-refractivity contribution < 1.29 is 14.9 Å². The average Bonchev–Trinajstić information content (AvgIpc) is 2.44. The number of aromatic hydroxyl groups is 2. The number of ether oxygens (including phenoxy) is 1. The first-order valence-electron chi connectivity index (χ1n) is 6.47. The second-order valence-corrected chi connectivity index (χ2v) is 4.98. The number of rotatable bonds is 4. The Morgan fingerprint density at radius 1 is 1.19 bits per heavy atom. The van der Waals surface area contributed by atoms with E-state index < -0.39 is 0 Å². The maximum atomic E-state index is 9.97. The van der Waals surface area contributed by atoms with E-state index in [4.69, 9.17) is 21.6 Å². The predicted octanol–water partition coefficient (Wildman–Crippen LogP) is 4.37. The molecular weight excluding hydrogens is 290 g/mol. The SMILES string of the molecule is CCCc1cc(O)c(Oc2ccc(C#N)cc2Cl)c(O)c1. The first-order chi connectivity index (χ1) is 10.0. The molecule has 0 saturated heterocycles. The maximum Gasteiger partial charge on any atom is 0.210 e. The van der Waals surface area contributed by atoms with E-state index in [0.29, 0.717) is 5.56 Å². The Hall–Kier alpha value is -2.38. The van der Waals surface area contributed by atoms with Crippen LogP contribution in [0.15, 0.2) is 30.3 Å². The van der Waals surface area contributed by atoms with E-state index in [0.717, 1.165) is 18.4 Å². The molecule has 0 fully saturated rings. The minimum atomic E-state index is -0.154. The molecule has 0 unspecified atom stereocenters. The zero-order valence-electron chi connectivity index (χ0n) is 11.4. The lowest BCUT2D eigenvalue weighted by Crippen LogP contribution is -1.90. The van der Waals surface area contributed by atoms with E-state index in [-0.39, 0.29) is 28.0 Å². The van der Waals surface area contributed by atoms with Crippen LogP contribution in [0.3, 0.4) is 0 Å². The molecule has 0 aliphatic heterocycles. The lowest BCUT2D eigenvalue weighted by atomic mass is 10.1. The number of aryl methyl sites for hydroxylation is 1. The summed E-state index contributed by atoms with van der Waals surface area (Å²) in [5.74, 6) is -0.108. The average molecular weight is 304 g/mol. The molecule has 0 spiro atoms. The van der Waals surface area contributed by atoms with Crippen LogP contribution < -0.4 is 4.74 Å². The number of benzene rings is 2. The molecule has 21 heavy (non-hydrogen) atoms. The van der Waals surface area contributed by atoms with Crippen molar-refractivity contribution in [2.45, 2.75) is 19.8 Å². The Labute approximate surface area is 127 Å². The molecule has 0 heterocycles. The summed E-state index contributed by atoms with van der Waals surface area (Å²) in [5, 5.41) is 29.0. The summed E-state index contributed by atoms with van der Waals surface area (Å²) in [7, 11) is 0. The van der Waals surface area contributed by atoms with Gasteiger partial charge in [0.15, 0.2) is 11.5 Å². The third-order valence-electron chi connectivity index (χ3n) is 2.92. The smallest absolute Gasteiger partial charge is 0.210 e. The summed E-state index contributed by atoms with van der Waals surface area (Å²) in [6.45, 7) is 2.01. The van der Waals surface area contributed by atoms with Crippen molar-refractivity contribution in [2.75, 3.05) is 0 Å². The van der Waals surface area contributed by atoms with Crippen LogP contribution in [0.5, 0.6) is 23.0 Å². The molecule has 0 saturated carbocycles. The van der Waals surface area contributed by atoms with E-state index in [9.17, 15) is 10.2 Å². The highest BCUT2D eigenvalue weighted by Crippen LogP contribution is 2.42. The Morgan fingerprint density at radius 3 is 2.38 bits per heavy atom. The van der Waals surface area contributed by atoms with Crippen molar-refractivity contribution in [1.82, 2.24) is 0 Å². The van der Waals surface area contributed by atoms with Gasteiger partial charge in [-0.1, -0.05) is 24.9 Å². The fraction of sp³-hybridized carbons (Fsp3) is 0.188. The molecule has 0 amide bonds. The highest BCUT2D eigenvalue weighted by atomic mass is 35.5. The number of hydrogen-bond donors (Lipinski definition) is 2. The number of hydrogen-bond acceptors (Lipinski definition) is 4. The van der Waals surface area contributed by atoms with E-state index in [1.807, 2.05) is 13.0 Å². The standard InChI is InChI=1S/C16H14ClNO3/c1-2-3-10-7-13(19)16(14(20)8-10)21-15-5-4-11(9-18)6-12(15)17/h4-8,19-20H,2-3H2,1H3. The van der Waals surface area contributed by atoms with E-state index in [1.165, 1.54) is 12.1 Å². The quantitative estimate of drug-likeness (QED) is 0.879. The van der Waals surface area contributed by atoms with Crippen molar-refractivity contribution >= 4 is 11.6 Å². The normalized spacial score (nSPS) is 10.1. The first-order valence-corrected chi connectivity index (χ1v) is 6.85. The molecule has 0 atom stereocenters. The monoisotopic (exact) mass is 303 g/mol. The third-order valence-corrected chi connectivity index (χ3v) is 3.22. The summed E-state index contributed by atoms with van der Waals surface area (Å²) < 4.78 is 5.46. The second kappa shape index (κ2) is 6.38. The molecule has 2 rings (SSSR count). The van der Waals surface area contributed by atoms with Gasteiger partial charge in [0.1, 0.15) is 5.75 Å². The van der Waals surface area contributed by atoms with E-state index in [1.54, 1.807) is 18.2 Å². The van der Waals surface area contributed by atoms with Crippen molar-refractivity contribution in [2.24, 2.45) is 0 Å². The Bertz CT molecular complexity index is 684. The van der Waals surface area contributed by atoms with Crippen LogP contribution in [0.1, 0.15) is 24.5 Å². The van der Waals surface area contributed by atoms with E-state index in [2.05, 4.69) is 0 Å². The van der Waals surface area contributed by atoms with Crippen molar-refractivity contribution in [3.8, 4) is 29.1 Å². The molecule has 108 valence electrons. The summed E-state index contributed by atoms with van der Waals surface area (Å²) in [4.78, 5) is 0. The Morgan fingerprint density at radius 2 is 1.86 bits per heavy atom. The van der Waals surface area contributed by atoms with Crippen molar-refractivity contribution in [3.63, 3.8) is 0 Å². The van der Waals surface area contributed by atoms with Gasteiger partial charge in [0, 0.05) is 0 Å². The van der Waals surface area contributed by atoms with Gasteiger partial charge in [-0.25, -0.2) is 0 Å². The lowest BCUT2D eigenvalue weighted by molar-refractivity contribution is 0.375. The highest BCUT2D eigenvalue weighted by molar-refractivity contribution is 6.32. The molecule has 0 aliphatic carbocycles. The molecular formula is C16H14ClNO3. The van der Waals surface area contributed by atoms with Crippen molar-refractivity contribution in [3.05, 3.63) is 46.5 Å². The zero-order chi connectivity index (χ0) is 15.4. The van der Waals surface area contributed by atoms with Gasteiger partial charge in [-0.2, -0.15) is 5.26 Å². The molecule has 0 aromatic heterocycles. The van der Waals surface area contributed by atoms with Gasteiger partial charge in [-0.3, -0.25) is 0 Å². The number of phenols is 2. The fourth-order valence-electron chi connectivity index (χ4n) is 1.96. The van der Waals surface area contributed by atoms with Gasteiger partial charge >= 0.3 is 0 Å². The fourth-order valence-corrected chi connectivity index (χ4v) is 2.18. The first kappa shape index (κ1) is 15.0. The topological polar surface area (TPSA) is 73.5 Å². The molecule has 2 aromatic carbocycles. The van der Waals surface area contributed by atoms with Crippen LogP contribution in [0.4, 0.5) is 0 Å². The van der Waals surface area contributed by atoms with Crippen LogP contribution >= 0.6 is 11.6 Å². The molecule has 0 radical (unpaired) electrons. The summed E-state index contributed by atoms with van der Waals surface area (Å²) in [6.07, 6.45) is 1.65. The van der Waals surface area contributed by atoms with Crippen LogP contribution in [-0.4, -0.2) is 10.2 Å². The summed E-state index contributed by atoms with van der Waals surface area (Å²) in [6, 6.07) is 9.58. The van der Waals surface area contributed by atoms with Gasteiger partial charge in [-0.15, -0.1) is 0 Å². The van der Waals surface area contributed by atoms with Gasteiger partial charge < -0.3 is 14.9 Å². The minimum Gasteiger partial charge on any atom is -0.504 e. The lowest BCUT2D eigenvalue weighted by Gasteiger charge is -2.12. The molecule has 2 aromatic rings. The van der Waals surface area contributed by atoms with Gasteiger partial charge in [0.05, 0.1) is 16.7 Å². The van der Waals surface area contributed by atoms with Gasteiger partial charge in [0.25, 0.3) is 0 Å². The van der Waals surface area contributed by atoms with Gasteiger partial charge in [-0.05, 0) is 42.3 Å². The van der Waals surface area contributed by atoms with Gasteiger partial charge in [0.2, 0.25) is 5.75 Å². The number of nitriles is 1. The Balaban J connectivity index is 2.34. The predicted molar refractivity (Wildman–Crippen MR) is 80.0 cm³/mol. The van der Waals surface area contributed by atoms with Crippen LogP contribution in [0.25, 0.3) is 0 Å². The van der Waals surface area contributed by atoms with Crippen molar-refractivity contribution in [1.29, 1.82) is 5.26 Å². The van der Waals surface area contributed by atoms with E-state index >= 15 is 0 Å². The third kappa shape index (κ3) is 3.39. The number of nitrogens with zero attached hydrogens (tertiary/aromatic N) is 1. The number of phenolic OH excluding ortho intramolecular Hbond substituents is 2. The molecule has 5 heteroatoms. The molecule has 0 aliphatic rings. The highest BCUT2D eigenvalue weighted by Gasteiger charge is 2.14. The van der Waals surface area contributed by atoms with Crippen LogP contribution in [0, 0.1) is 11.3 Å². The zero-order valence-corrected chi connectivity index (χ0v) is 12.2.